The highest BCUT2D eigenvalue weighted by atomic mass is 15.4. The van der Waals surface area contributed by atoms with Crippen molar-refractivity contribution in [3.05, 3.63) is 21.8 Å². The van der Waals surface area contributed by atoms with Crippen molar-refractivity contribution in [1.82, 2.24) is 15.0 Å². The Hall–Kier alpha value is -1.78. The lowest BCUT2D eigenvalue weighted by atomic mass is 10.1. The van der Waals surface area contributed by atoms with Gasteiger partial charge in [0.1, 0.15) is 12.2 Å². The molecule has 17 heavy (non-hydrogen) atoms. The van der Waals surface area contributed by atoms with Crippen LogP contribution in [0.4, 0.5) is 0 Å². The molecule has 2 heterocycles. The second kappa shape index (κ2) is 3.35. The van der Waals surface area contributed by atoms with E-state index in [1.807, 2.05) is 11.6 Å². The van der Waals surface area contributed by atoms with E-state index in [1.54, 1.807) is 0 Å². The summed E-state index contributed by atoms with van der Waals surface area (Å²) in [7, 11) is 0. The minimum atomic E-state index is 0.300. The van der Waals surface area contributed by atoms with Crippen molar-refractivity contribution in [1.29, 1.82) is 0 Å². The lowest BCUT2D eigenvalue weighted by Gasteiger charge is -2.08. The Kier molecular flexibility index (Phi) is 2.05. The number of hydrogen-bond donors (Lipinski definition) is 0. The predicted octanol–water partition coefficient (Wildman–Crippen LogP) is 0.839. The van der Waals surface area contributed by atoms with Crippen molar-refractivity contribution in [2.24, 2.45) is 9.98 Å². The van der Waals surface area contributed by atoms with E-state index in [1.165, 1.54) is 0 Å². The number of aryl methyl sites for hydroxylation is 2. The van der Waals surface area contributed by atoms with E-state index in [2.05, 4.69) is 41.1 Å². The molecule has 5 nitrogen and oxygen atoms in total. The van der Waals surface area contributed by atoms with Gasteiger partial charge in [-0.3, -0.25) is 9.98 Å². The van der Waals surface area contributed by atoms with Crippen LogP contribution in [-0.4, -0.2) is 21.7 Å². The summed E-state index contributed by atoms with van der Waals surface area (Å²) in [5.41, 5.74) is 4.28. The summed E-state index contributed by atoms with van der Waals surface area (Å²) in [6, 6.07) is 0.300. The average molecular weight is 229 g/mol. The second-order valence-corrected chi connectivity index (χ2v) is 4.73. The van der Waals surface area contributed by atoms with Gasteiger partial charge in [0.05, 0.1) is 16.2 Å². The molecule has 2 aromatic rings. The van der Waals surface area contributed by atoms with Gasteiger partial charge in [-0.1, -0.05) is 5.21 Å². The third-order valence-corrected chi connectivity index (χ3v) is 3.29. The minimum Gasteiger partial charge on any atom is -0.259 e. The van der Waals surface area contributed by atoms with E-state index < -0.39 is 0 Å². The fourth-order valence-corrected chi connectivity index (χ4v) is 2.40. The first-order valence-corrected chi connectivity index (χ1v) is 5.84. The molecular formula is C12H15N5. The zero-order valence-electron chi connectivity index (χ0n) is 10.5. The summed E-state index contributed by atoms with van der Waals surface area (Å²) >= 11 is 0. The third-order valence-electron chi connectivity index (χ3n) is 3.29. The maximum Gasteiger partial charge on any atom is 0.130 e. The van der Waals surface area contributed by atoms with Gasteiger partial charge in [0.2, 0.25) is 0 Å². The van der Waals surface area contributed by atoms with Crippen molar-refractivity contribution in [2.45, 2.75) is 33.7 Å². The quantitative estimate of drug-likeness (QED) is 0.727. The highest BCUT2D eigenvalue weighted by Gasteiger charge is 2.17. The highest BCUT2D eigenvalue weighted by molar-refractivity contribution is 5.81. The van der Waals surface area contributed by atoms with E-state index in [0.717, 1.165) is 32.9 Å². The van der Waals surface area contributed by atoms with Crippen LogP contribution >= 0.6 is 0 Å². The normalized spacial score (nSPS) is 13.9. The summed E-state index contributed by atoms with van der Waals surface area (Å²) in [4.78, 5) is 8.87. The monoisotopic (exact) mass is 229 g/mol. The van der Waals surface area contributed by atoms with E-state index >= 15 is 0 Å². The molecule has 1 aliphatic heterocycles. The lowest BCUT2D eigenvalue weighted by molar-refractivity contribution is 0.529. The van der Waals surface area contributed by atoms with E-state index in [4.69, 9.17) is 0 Å². The molecule has 0 saturated carbocycles. The van der Waals surface area contributed by atoms with Crippen LogP contribution in [0.3, 0.4) is 0 Å². The standard InChI is InChI=1S/C12H15N5/c1-6(2)17-12-8(4)10-9(13-5-14-10)7(3)11(12)15-16-17/h6H,5H2,1-4H3. The lowest BCUT2D eigenvalue weighted by Crippen LogP contribution is -2.28. The van der Waals surface area contributed by atoms with Crippen LogP contribution in [0.2, 0.25) is 0 Å². The van der Waals surface area contributed by atoms with Gasteiger partial charge in [-0.15, -0.1) is 5.10 Å². The van der Waals surface area contributed by atoms with Crippen molar-refractivity contribution >= 4 is 11.0 Å². The molecule has 5 heteroatoms. The Labute approximate surface area is 98.9 Å². The Balaban J connectivity index is 2.58. The van der Waals surface area contributed by atoms with Gasteiger partial charge in [-0.25, -0.2) is 4.68 Å². The molecule has 0 N–H and O–H groups in total. The maximum atomic E-state index is 4.45. The largest absolute Gasteiger partial charge is 0.259 e. The molecular weight excluding hydrogens is 214 g/mol. The van der Waals surface area contributed by atoms with E-state index in [0.29, 0.717) is 12.7 Å². The molecule has 0 bridgehead atoms. The first-order valence-electron chi connectivity index (χ1n) is 5.84. The molecule has 0 radical (unpaired) electrons. The van der Waals surface area contributed by atoms with Crippen molar-refractivity contribution in [2.75, 3.05) is 6.67 Å². The fourth-order valence-electron chi connectivity index (χ4n) is 2.40. The van der Waals surface area contributed by atoms with Gasteiger partial charge in [-0.2, -0.15) is 0 Å². The van der Waals surface area contributed by atoms with Crippen LogP contribution in [0.25, 0.3) is 11.0 Å². The molecule has 1 aromatic carbocycles. The van der Waals surface area contributed by atoms with E-state index in [9.17, 15) is 0 Å². The molecule has 88 valence electrons. The fraction of sp³-hybridized carbons (Fsp3) is 0.500. The second-order valence-electron chi connectivity index (χ2n) is 4.73. The molecule has 0 fully saturated rings. The first kappa shape index (κ1) is 10.4. The third kappa shape index (κ3) is 1.25. The molecule has 1 aromatic heterocycles. The van der Waals surface area contributed by atoms with Crippen LogP contribution < -0.4 is 10.7 Å². The summed E-state index contributed by atoms with van der Waals surface area (Å²) < 4.78 is 1.96. The smallest absolute Gasteiger partial charge is 0.130 e. The zero-order valence-corrected chi connectivity index (χ0v) is 10.5. The Morgan fingerprint density at radius 1 is 1.06 bits per heavy atom. The van der Waals surface area contributed by atoms with Crippen LogP contribution in [0.15, 0.2) is 9.98 Å². The Bertz CT molecular complexity index is 724. The van der Waals surface area contributed by atoms with Crippen LogP contribution in [0.1, 0.15) is 31.0 Å². The molecule has 0 aliphatic carbocycles. The molecule has 0 atom stereocenters. The number of benzene rings is 1. The van der Waals surface area contributed by atoms with Crippen LogP contribution in [-0.2, 0) is 0 Å². The van der Waals surface area contributed by atoms with E-state index in [-0.39, 0.29) is 0 Å². The highest BCUT2D eigenvalue weighted by Crippen LogP contribution is 2.18. The summed E-state index contributed by atoms with van der Waals surface area (Å²) in [6.45, 7) is 8.88. The number of nitrogens with zero attached hydrogens (tertiary/aromatic N) is 5. The van der Waals surface area contributed by atoms with Crippen LogP contribution in [0, 0.1) is 13.8 Å². The number of rotatable bonds is 1. The molecule has 3 rings (SSSR count). The molecule has 1 aliphatic rings. The molecule has 0 spiro atoms. The molecule has 0 amide bonds. The van der Waals surface area contributed by atoms with Crippen molar-refractivity contribution in [3.8, 4) is 0 Å². The number of fused-ring (bicyclic) bond motifs is 2. The topological polar surface area (TPSA) is 55.4 Å². The number of aromatic nitrogens is 3. The van der Waals surface area contributed by atoms with Gasteiger partial charge >= 0.3 is 0 Å². The van der Waals surface area contributed by atoms with Gasteiger partial charge in [0.15, 0.2) is 0 Å². The molecule has 0 saturated heterocycles. The summed E-state index contributed by atoms with van der Waals surface area (Å²) in [6.07, 6.45) is 0. The van der Waals surface area contributed by atoms with Gasteiger partial charge in [-0.05, 0) is 27.7 Å². The predicted molar refractivity (Wildman–Crippen MR) is 64.6 cm³/mol. The number of hydrogen-bond acceptors (Lipinski definition) is 4. The Morgan fingerprint density at radius 3 is 2.35 bits per heavy atom. The zero-order chi connectivity index (χ0) is 12.2. The van der Waals surface area contributed by atoms with Gasteiger partial charge < -0.3 is 0 Å². The van der Waals surface area contributed by atoms with Crippen molar-refractivity contribution < 1.29 is 0 Å². The van der Waals surface area contributed by atoms with Gasteiger partial charge in [0, 0.05) is 17.2 Å². The minimum absolute atomic E-state index is 0.300. The first-order chi connectivity index (χ1) is 8.11. The molecule has 0 unspecified atom stereocenters. The summed E-state index contributed by atoms with van der Waals surface area (Å²) in [5.74, 6) is 0. The SMILES string of the molecule is Cc1c2c(c(C)c3c1nnn3C(C)C)=NCN=2. The Morgan fingerprint density at radius 2 is 1.71 bits per heavy atom. The summed E-state index contributed by atoms with van der Waals surface area (Å²) in [5, 5.41) is 10.5. The maximum absolute atomic E-state index is 4.45. The van der Waals surface area contributed by atoms with Crippen LogP contribution in [0.5, 0.6) is 0 Å². The average Bonchev–Trinajstić information content (AvgIpc) is 2.92. The van der Waals surface area contributed by atoms with Crippen molar-refractivity contribution in [3.63, 3.8) is 0 Å². The van der Waals surface area contributed by atoms with Gasteiger partial charge in [0.25, 0.3) is 0 Å².